The van der Waals surface area contributed by atoms with Gasteiger partial charge in [0.15, 0.2) is 5.69 Å². The Balaban J connectivity index is 2.41. The number of nitrogens with one attached hydrogen (secondary N) is 1. The number of rotatable bonds is 2. The van der Waals surface area contributed by atoms with Gasteiger partial charge in [0, 0.05) is 12.6 Å². The first-order chi connectivity index (χ1) is 10.3. The molecule has 2 aromatic carbocycles. The molecule has 0 bridgehead atoms. The van der Waals surface area contributed by atoms with Gasteiger partial charge in [0.1, 0.15) is 0 Å². The van der Waals surface area contributed by atoms with Gasteiger partial charge in [-0.2, -0.15) is 13.2 Å². The van der Waals surface area contributed by atoms with E-state index in [1.165, 1.54) is 13.0 Å². The molecule has 0 unspecified atom stereocenters. The zero-order chi connectivity index (χ0) is 16.3. The predicted octanol–water partition coefficient (Wildman–Crippen LogP) is 4.88. The lowest BCUT2D eigenvalue weighted by Gasteiger charge is -2.11. The van der Waals surface area contributed by atoms with Crippen molar-refractivity contribution in [2.24, 2.45) is 0 Å². The Hall–Kier alpha value is -2.81. The Kier molecular flexibility index (Phi) is 4.18. The number of carbonyl (C=O) groups is 1. The summed E-state index contributed by atoms with van der Waals surface area (Å²) in [4.78, 5) is 13.8. The molecule has 0 saturated heterocycles. The third-order valence-electron chi connectivity index (χ3n) is 2.96. The maximum Gasteiger partial charge on any atom is 0.407 e. The van der Waals surface area contributed by atoms with Crippen LogP contribution in [0.2, 0.25) is 0 Å². The predicted molar refractivity (Wildman–Crippen MR) is 77.4 cm³/mol. The Morgan fingerprint density at radius 3 is 2.18 bits per heavy atom. The van der Waals surface area contributed by atoms with Gasteiger partial charge in [-0.25, -0.2) is 4.85 Å². The molecule has 0 spiro atoms. The van der Waals surface area contributed by atoms with E-state index in [9.17, 15) is 18.0 Å². The summed E-state index contributed by atoms with van der Waals surface area (Å²) in [6.45, 7) is 8.19. The molecule has 0 fully saturated rings. The molecule has 0 heterocycles. The van der Waals surface area contributed by atoms with Crippen molar-refractivity contribution in [2.45, 2.75) is 13.1 Å². The van der Waals surface area contributed by atoms with Gasteiger partial charge >= 0.3 is 6.18 Å². The van der Waals surface area contributed by atoms with Crippen LogP contribution >= 0.6 is 0 Å². The molecular formula is C16H11F3N2O. The third kappa shape index (κ3) is 3.44. The van der Waals surface area contributed by atoms with E-state index in [2.05, 4.69) is 10.2 Å². The molecule has 0 radical (unpaired) electrons. The zero-order valence-electron chi connectivity index (χ0n) is 11.5. The van der Waals surface area contributed by atoms with Gasteiger partial charge in [0.05, 0.1) is 12.1 Å². The van der Waals surface area contributed by atoms with Crippen LogP contribution in [0.1, 0.15) is 12.5 Å². The topological polar surface area (TPSA) is 33.5 Å². The van der Waals surface area contributed by atoms with Crippen LogP contribution in [0.3, 0.4) is 0 Å². The average molecular weight is 304 g/mol. The Morgan fingerprint density at radius 1 is 1.09 bits per heavy atom. The van der Waals surface area contributed by atoms with Crippen LogP contribution in [0.15, 0.2) is 42.5 Å². The molecule has 6 heteroatoms. The SMILES string of the molecule is [C-]#[N+]c1ccc(-c2ccc(NC(C)=O)cc2)cc1C(F)(F)F. The van der Waals surface area contributed by atoms with Crippen LogP contribution in [-0.2, 0) is 11.0 Å². The fourth-order valence-electron chi connectivity index (χ4n) is 1.99. The van der Waals surface area contributed by atoms with Crippen LogP contribution in [0.4, 0.5) is 24.5 Å². The highest BCUT2D eigenvalue weighted by molar-refractivity contribution is 5.89. The van der Waals surface area contributed by atoms with E-state index in [-0.39, 0.29) is 5.91 Å². The van der Waals surface area contributed by atoms with Gasteiger partial charge in [0.25, 0.3) is 0 Å². The molecule has 0 aliphatic carbocycles. The Morgan fingerprint density at radius 2 is 1.68 bits per heavy atom. The van der Waals surface area contributed by atoms with E-state index < -0.39 is 17.4 Å². The second-order valence-electron chi connectivity index (χ2n) is 4.60. The summed E-state index contributed by atoms with van der Waals surface area (Å²) in [7, 11) is 0. The van der Waals surface area contributed by atoms with E-state index in [0.29, 0.717) is 16.8 Å². The number of halogens is 3. The number of anilines is 1. The van der Waals surface area contributed by atoms with Crippen molar-refractivity contribution < 1.29 is 18.0 Å². The number of benzene rings is 2. The Labute approximate surface area is 125 Å². The van der Waals surface area contributed by atoms with Crippen LogP contribution in [-0.4, -0.2) is 5.91 Å². The van der Waals surface area contributed by atoms with Crippen LogP contribution in [0.5, 0.6) is 0 Å². The van der Waals surface area contributed by atoms with Crippen molar-refractivity contribution in [3.05, 3.63) is 59.4 Å². The quantitative estimate of drug-likeness (QED) is 0.788. The van der Waals surface area contributed by atoms with Gasteiger partial charge in [-0.05, 0) is 23.3 Å². The molecule has 2 aromatic rings. The van der Waals surface area contributed by atoms with E-state index in [4.69, 9.17) is 6.57 Å². The summed E-state index contributed by atoms with van der Waals surface area (Å²) < 4.78 is 38.8. The number of carbonyl (C=O) groups excluding carboxylic acids is 1. The van der Waals surface area contributed by atoms with E-state index in [0.717, 1.165) is 12.1 Å². The van der Waals surface area contributed by atoms with Crippen molar-refractivity contribution in [1.29, 1.82) is 0 Å². The lowest BCUT2D eigenvalue weighted by molar-refractivity contribution is -0.136. The van der Waals surface area contributed by atoms with Crippen LogP contribution in [0.25, 0.3) is 16.0 Å². The summed E-state index contributed by atoms with van der Waals surface area (Å²) in [5.41, 5.74) is 0.104. The molecule has 0 aliphatic rings. The normalized spacial score (nSPS) is 10.9. The molecule has 112 valence electrons. The zero-order valence-corrected chi connectivity index (χ0v) is 11.5. The molecule has 0 atom stereocenters. The van der Waals surface area contributed by atoms with Gasteiger partial charge in [-0.15, -0.1) is 0 Å². The monoisotopic (exact) mass is 304 g/mol. The highest BCUT2D eigenvalue weighted by atomic mass is 19.4. The van der Waals surface area contributed by atoms with Crippen molar-refractivity contribution in [1.82, 2.24) is 0 Å². The highest BCUT2D eigenvalue weighted by Gasteiger charge is 2.33. The summed E-state index contributed by atoms with van der Waals surface area (Å²) in [6.07, 6.45) is -4.58. The number of hydrogen-bond donors (Lipinski definition) is 1. The van der Waals surface area contributed by atoms with Gasteiger partial charge < -0.3 is 5.32 Å². The van der Waals surface area contributed by atoms with Crippen molar-refractivity contribution in [3.8, 4) is 11.1 Å². The maximum absolute atomic E-state index is 12.9. The molecule has 22 heavy (non-hydrogen) atoms. The molecule has 1 amide bonds. The highest BCUT2D eigenvalue weighted by Crippen LogP contribution is 2.38. The minimum atomic E-state index is -4.58. The molecule has 0 aliphatic heterocycles. The van der Waals surface area contributed by atoms with Gasteiger partial charge in [-0.3, -0.25) is 4.79 Å². The number of amides is 1. The number of alkyl halides is 3. The van der Waals surface area contributed by atoms with E-state index >= 15 is 0 Å². The summed E-state index contributed by atoms with van der Waals surface area (Å²) in [5, 5.41) is 2.58. The van der Waals surface area contributed by atoms with Crippen LogP contribution < -0.4 is 5.32 Å². The molecule has 3 nitrogen and oxygen atoms in total. The molecule has 0 aromatic heterocycles. The largest absolute Gasteiger partial charge is 0.407 e. The summed E-state index contributed by atoms with van der Waals surface area (Å²) in [6, 6.07) is 10.0. The first kappa shape index (κ1) is 15.6. The second-order valence-corrected chi connectivity index (χ2v) is 4.60. The Bertz CT molecular complexity index is 743. The van der Waals surface area contributed by atoms with Crippen molar-refractivity contribution in [3.63, 3.8) is 0 Å². The second kappa shape index (κ2) is 5.90. The molecular weight excluding hydrogens is 293 g/mol. The number of nitrogens with zero attached hydrogens (tertiary/aromatic N) is 1. The van der Waals surface area contributed by atoms with Crippen LogP contribution in [0, 0.1) is 6.57 Å². The first-order valence-electron chi connectivity index (χ1n) is 6.28. The third-order valence-corrected chi connectivity index (χ3v) is 2.96. The van der Waals surface area contributed by atoms with Crippen molar-refractivity contribution in [2.75, 3.05) is 5.32 Å². The molecule has 1 N–H and O–H groups in total. The summed E-state index contributed by atoms with van der Waals surface area (Å²) >= 11 is 0. The lowest BCUT2D eigenvalue weighted by atomic mass is 10.0. The molecule has 0 saturated carbocycles. The minimum Gasteiger partial charge on any atom is -0.326 e. The smallest absolute Gasteiger partial charge is 0.326 e. The van der Waals surface area contributed by atoms with Crippen molar-refractivity contribution >= 4 is 17.3 Å². The standard InChI is InChI=1S/C16H11F3N2O/c1-10(22)21-13-6-3-11(4-7-13)12-5-8-15(20-2)14(9-12)16(17,18)19/h3-9H,1H3,(H,21,22). The minimum absolute atomic E-state index is 0.228. The van der Waals surface area contributed by atoms with E-state index in [1.54, 1.807) is 24.3 Å². The average Bonchev–Trinajstić information content (AvgIpc) is 2.46. The molecule has 2 rings (SSSR count). The number of hydrogen-bond acceptors (Lipinski definition) is 1. The first-order valence-corrected chi connectivity index (χ1v) is 6.28. The van der Waals surface area contributed by atoms with Gasteiger partial charge in [-0.1, -0.05) is 30.3 Å². The summed E-state index contributed by atoms with van der Waals surface area (Å²) in [5.74, 6) is -0.228. The van der Waals surface area contributed by atoms with E-state index in [1.807, 2.05) is 0 Å². The maximum atomic E-state index is 12.9. The lowest BCUT2D eigenvalue weighted by Crippen LogP contribution is -2.05. The fourth-order valence-corrected chi connectivity index (χ4v) is 1.99. The fraction of sp³-hybridized carbons (Fsp3) is 0.125. The van der Waals surface area contributed by atoms with Gasteiger partial charge in [0.2, 0.25) is 5.91 Å².